The number of primary amides is 1. The summed E-state index contributed by atoms with van der Waals surface area (Å²) in [7, 11) is 0. The van der Waals surface area contributed by atoms with Crippen molar-refractivity contribution in [3.05, 3.63) is 10.4 Å². The van der Waals surface area contributed by atoms with Gasteiger partial charge in [-0.3, -0.25) is 4.79 Å². The highest BCUT2D eigenvalue weighted by Gasteiger charge is 2.26. The van der Waals surface area contributed by atoms with Crippen LogP contribution in [0.15, 0.2) is 0 Å². The Morgan fingerprint density at radius 3 is 2.95 bits per heavy atom. The lowest BCUT2D eigenvalue weighted by Crippen LogP contribution is -2.37. The molecule has 0 saturated carbocycles. The first-order valence-electron chi connectivity index (χ1n) is 6.07. The van der Waals surface area contributed by atoms with Crippen molar-refractivity contribution in [2.45, 2.75) is 18.6 Å². The van der Waals surface area contributed by atoms with Crippen LogP contribution in [-0.2, 0) is 0 Å². The number of nitrogens with two attached hydrogens (primary N) is 2. The van der Waals surface area contributed by atoms with Gasteiger partial charge in [-0.15, -0.1) is 11.3 Å². The van der Waals surface area contributed by atoms with Crippen molar-refractivity contribution < 1.29 is 4.79 Å². The third-order valence-corrected chi connectivity index (χ3v) is 5.80. The van der Waals surface area contributed by atoms with Crippen LogP contribution >= 0.6 is 23.1 Å². The van der Waals surface area contributed by atoms with Gasteiger partial charge in [-0.25, -0.2) is 0 Å². The molecule has 1 aromatic rings. The van der Waals surface area contributed by atoms with Crippen LogP contribution < -0.4 is 16.4 Å². The summed E-state index contributed by atoms with van der Waals surface area (Å²) in [5, 5.41) is 10.6. The number of thiophene rings is 1. The number of nitrogens with zero attached hydrogens (tertiary/aromatic N) is 2. The molecule has 1 aliphatic heterocycles. The van der Waals surface area contributed by atoms with Crippen molar-refractivity contribution >= 4 is 39.7 Å². The summed E-state index contributed by atoms with van der Waals surface area (Å²) >= 11 is 3.18. The van der Waals surface area contributed by atoms with Gasteiger partial charge in [0.25, 0.3) is 5.91 Å². The van der Waals surface area contributed by atoms with Crippen LogP contribution in [0.25, 0.3) is 0 Å². The Balaban J connectivity index is 2.36. The Kier molecular flexibility index (Phi) is 4.22. The van der Waals surface area contributed by atoms with Crippen molar-refractivity contribution in [3.63, 3.8) is 0 Å². The van der Waals surface area contributed by atoms with E-state index in [1.54, 1.807) is 0 Å². The summed E-state index contributed by atoms with van der Waals surface area (Å²) in [6.45, 7) is 3.91. The lowest BCUT2D eigenvalue weighted by Gasteiger charge is -2.32. The number of hydrogen-bond donors (Lipinski definition) is 2. The first-order chi connectivity index (χ1) is 9.08. The summed E-state index contributed by atoms with van der Waals surface area (Å²) in [5.74, 6) is 0.455. The Bertz CT molecular complexity index is 535. The third kappa shape index (κ3) is 2.65. The first-order valence-corrected chi connectivity index (χ1v) is 7.93. The molecule has 1 atom stereocenters. The Morgan fingerprint density at radius 1 is 1.63 bits per heavy atom. The minimum atomic E-state index is -0.566. The van der Waals surface area contributed by atoms with E-state index >= 15 is 0 Å². The van der Waals surface area contributed by atoms with Gasteiger partial charge in [0.1, 0.15) is 21.5 Å². The quantitative estimate of drug-likeness (QED) is 0.883. The highest BCUT2D eigenvalue weighted by Crippen LogP contribution is 2.39. The number of nitrogen functional groups attached to an aromatic ring is 1. The van der Waals surface area contributed by atoms with Crippen LogP contribution in [-0.4, -0.2) is 30.0 Å². The summed E-state index contributed by atoms with van der Waals surface area (Å²) in [5.41, 5.74) is 11.8. The molecule has 0 aliphatic carbocycles. The molecule has 0 aromatic carbocycles. The Morgan fingerprint density at radius 2 is 2.37 bits per heavy atom. The fourth-order valence-electron chi connectivity index (χ4n) is 2.10. The maximum atomic E-state index is 11.3. The number of thioether (sulfide) groups is 1. The second kappa shape index (κ2) is 5.72. The van der Waals surface area contributed by atoms with E-state index in [2.05, 4.69) is 17.9 Å². The molecule has 1 unspecified atom stereocenters. The van der Waals surface area contributed by atoms with Gasteiger partial charge in [0.05, 0.1) is 5.69 Å². The van der Waals surface area contributed by atoms with E-state index < -0.39 is 5.91 Å². The van der Waals surface area contributed by atoms with Crippen LogP contribution in [0.5, 0.6) is 0 Å². The van der Waals surface area contributed by atoms with Crippen LogP contribution in [0.1, 0.15) is 28.6 Å². The molecule has 2 heterocycles. The molecule has 7 heteroatoms. The average Bonchev–Trinajstić information content (AvgIpc) is 2.75. The van der Waals surface area contributed by atoms with Crippen molar-refractivity contribution in [1.29, 1.82) is 5.26 Å². The number of amides is 1. The van der Waals surface area contributed by atoms with Crippen molar-refractivity contribution in [2.24, 2.45) is 5.73 Å². The first kappa shape index (κ1) is 14.0. The molecule has 102 valence electrons. The summed E-state index contributed by atoms with van der Waals surface area (Å²) in [6.07, 6.45) is 1.09. The van der Waals surface area contributed by atoms with E-state index in [1.807, 2.05) is 11.8 Å². The number of nitriles is 1. The number of rotatable bonds is 3. The van der Waals surface area contributed by atoms with E-state index in [0.29, 0.717) is 10.8 Å². The monoisotopic (exact) mass is 296 g/mol. The predicted octanol–water partition coefficient (Wildman–Crippen LogP) is 1.63. The van der Waals surface area contributed by atoms with Gasteiger partial charge in [0, 0.05) is 24.1 Å². The lowest BCUT2D eigenvalue weighted by atomic mass is 10.2. The molecule has 1 saturated heterocycles. The number of carbonyl (C=O) groups excluding carboxylic acids is 1. The minimum absolute atomic E-state index is 0.223. The second-order valence-corrected chi connectivity index (χ2v) is 6.76. The van der Waals surface area contributed by atoms with Crippen molar-refractivity contribution in [2.75, 3.05) is 29.5 Å². The molecule has 5 nitrogen and oxygen atoms in total. The summed E-state index contributed by atoms with van der Waals surface area (Å²) < 4.78 is 0. The van der Waals surface area contributed by atoms with Crippen molar-refractivity contribution in [1.82, 2.24) is 0 Å². The van der Waals surface area contributed by atoms with Gasteiger partial charge in [-0.1, -0.05) is 6.92 Å². The maximum Gasteiger partial charge on any atom is 0.261 e. The third-order valence-electron chi connectivity index (χ3n) is 3.14. The molecule has 0 radical (unpaired) electrons. The Hall–Kier alpha value is -1.39. The summed E-state index contributed by atoms with van der Waals surface area (Å²) in [6, 6.07) is 2.10. The number of carbonyl (C=O) groups is 1. The van der Waals surface area contributed by atoms with Gasteiger partial charge in [0.2, 0.25) is 0 Å². The van der Waals surface area contributed by atoms with Crippen LogP contribution in [0.2, 0.25) is 0 Å². The molecule has 4 N–H and O–H groups in total. The molecule has 1 amide bonds. The summed E-state index contributed by atoms with van der Waals surface area (Å²) in [4.78, 5) is 13.8. The molecular weight excluding hydrogens is 280 g/mol. The molecule has 2 rings (SSSR count). The standard InChI is InChI=1S/C12H16N4OS2/c1-2-7-6-16(3-4-18-7)12-8(5-13)9(14)10(19-12)11(15)17/h7H,2-4,6,14H2,1H3,(H2,15,17). The largest absolute Gasteiger partial charge is 0.396 e. The van der Waals surface area contributed by atoms with Gasteiger partial charge in [0.15, 0.2) is 0 Å². The molecule has 0 spiro atoms. The van der Waals surface area contributed by atoms with Gasteiger partial charge >= 0.3 is 0 Å². The maximum absolute atomic E-state index is 11.3. The zero-order valence-corrected chi connectivity index (χ0v) is 12.3. The normalized spacial score (nSPS) is 19.2. The molecule has 0 bridgehead atoms. The highest BCUT2D eigenvalue weighted by atomic mass is 32.2. The molecule has 1 aromatic heterocycles. The highest BCUT2D eigenvalue weighted by molar-refractivity contribution is 8.00. The fourth-order valence-corrected chi connectivity index (χ4v) is 4.33. The lowest BCUT2D eigenvalue weighted by molar-refractivity contribution is 0.100. The number of hydrogen-bond acceptors (Lipinski definition) is 6. The van der Waals surface area contributed by atoms with E-state index in [1.165, 1.54) is 11.3 Å². The van der Waals surface area contributed by atoms with E-state index in [0.717, 1.165) is 30.3 Å². The van der Waals surface area contributed by atoms with Gasteiger partial charge in [-0.2, -0.15) is 17.0 Å². The van der Waals surface area contributed by atoms with Crippen molar-refractivity contribution in [3.8, 4) is 6.07 Å². The van der Waals surface area contributed by atoms with E-state index in [9.17, 15) is 10.1 Å². The fraction of sp³-hybridized carbons (Fsp3) is 0.500. The smallest absolute Gasteiger partial charge is 0.261 e. The Labute approximate surface area is 120 Å². The van der Waals surface area contributed by atoms with Gasteiger partial charge in [-0.05, 0) is 6.42 Å². The zero-order valence-electron chi connectivity index (χ0n) is 10.7. The van der Waals surface area contributed by atoms with E-state index in [4.69, 9.17) is 11.5 Å². The van der Waals surface area contributed by atoms with E-state index in [-0.39, 0.29) is 10.6 Å². The molecule has 19 heavy (non-hydrogen) atoms. The predicted molar refractivity (Wildman–Crippen MR) is 80.7 cm³/mol. The topological polar surface area (TPSA) is 96.1 Å². The number of anilines is 2. The average molecular weight is 296 g/mol. The zero-order chi connectivity index (χ0) is 14.0. The van der Waals surface area contributed by atoms with Gasteiger partial charge < -0.3 is 16.4 Å². The van der Waals surface area contributed by atoms with Crippen LogP contribution in [0.3, 0.4) is 0 Å². The molecule has 1 aliphatic rings. The second-order valence-electron chi connectivity index (χ2n) is 4.35. The van der Waals surface area contributed by atoms with Crippen LogP contribution in [0.4, 0.5) is 10.7 Å². The van der Waals surface area contributed by atoms with Crippen LogP contribution in [0, 0.1) is 11.3 Å². The molecular formula is C12H16N4OS2. The molecule has 1 fully saturated rings. The minimum Gasteiger partial charge on any atom is -0.396 e. The SMILES string of the molecule is CCC1CN(c2sc(C(N)=O)c(N)c2C#N)CCS1.